The quantitative estimate of drug-likeness (QED) is 0.637. The van der Waals surface area contributed by atoms with Crippen LogP contribution >= 0.6 is 24.4 Å². The van der Waals surface area contributed by atoms with E-state index in [1.165, 1.54) is 0 Å². The third-order valence-electron chi connectivity index (χ3n) is 2.58. The topological polar surface area (TPSA) is 48.1 Å². The lowest BCUT2D eigenvalue weighted by atomic mass is 10.2. The Morgan fingerprint density at radius 1 is 0.905 bits per heavy atom. The molecule has 21 heavy (non-hydrogen) atoms. The minimum atomic E-state index is 0.300. The van der Waals surface area contributed by atoms with Crippen LogP contribution in [0.25, 0.3) is 0 Å². The fourth-order valence-corrected chi connectivity index (χ4v) is 2.38. The predicted molar refractivity (Wildman–Crippen MR) is 100 cm³/mol. The van der Waals surface area contributed by atoms with Crippen molar-refractivity contribution in [1.82, 2.24) is 10.6 Å². The van der Waals surface area contributed by atoms with Gasteiger partial charge in [0.25, 0.3) is 0 Å². The summed E-state index contributed by atoms with van der Waals surface area (Å²) in [5, 5.41) is 13.9. The molecule has 0 atom stereocenters. The lowest BCUT2D eigenvalue weighted by Gasteiger charge is -2.17. The summed E-state index contributed by atoms with van der Waals surface area (Å²) in [5.74, 6) is 0. The van der Waals surface area contributed by atoms with Gasteiger partial charge in [0, 0.05) is 23.5 Å². The highest BCUT2D eigenvalue weighted by Crippen LogP contribution is 2.20. The maximum absolute atomic E-state index is 5.28. The molecule has 1 aromatic rings. The molecule has 0 fully saturated rings. The molecule has 1 aromatic carbocycles. The monoisotopic (exact) mass is 324 g/mol. The van der Waals surface area contributed by atoms with E-state index in [0.717, 1.165) is 16.9 Å². The Balaban J connectivity index is 2.75. The molecular weight excluding hydrogens is 300 g/mol. The van der Waals surface area contributed by atoms with E-state index in [9.17, 15) is 0 Å². The molecule has 4 N–H and O–H groups in total. The number of aryl methyl sites for hydroxylation is 1. The van der Waals surface area contributed by atoms with Crippen molar-refractivity contribution in [2.75, 3.05) is 10.6 Å². The van der Waals surface area contributed by atoms with Crippen LogP contribution in [-0.2, 0) is 0 Å². The Morgan fingerprint density at radius 3 is 1.95 bits per heavy atom. The van der Waals surface area contributed by atoms with Crippen LogP contribution in [-0.4, -0.2) is 22.3 Å². The highest BCUT2D eigenvalue weighted by atomic mass is 32.1. The molecule has 0 bridgehead atoms. The van der Waals surface area contributed by atoms with E-state index in [1.807, 2.05) is 39.0 Å². The first-order chi connectivity index (χ1) is 9.77. The summed E-state index contributed by atoms with van der Waals surface area (Å²) in [6.07, 6.45) is 0. The second kappa shape index (κ2) is 8.14. The van der Waals surface area contributed by atoms with Gasteiger partial charge < -0.3 is 21.3 Å². The number of thiocarbonyl (C=S) groups is 2. The second-order valence-corrected chi connectivity index (χ2v) is 6.35. The molecular formula is C15H24N4S2. The summed E-state index contributed by atoms with van der Waals surface area (Å²) in [5.41, 5.74) is 3.01. The Bertz CT molecular complexity index is 512. The van der Waals surface area contributed by atoms with Crippen LogP contribution in [0.4, 0.5) is 11.4 Å². The Labute approximate surface area is 138 Å². The molecule has 0 aromatic heterocycles. The van der Waals surface area contributed by atoms with Crippen molar-refractivity contribution >= 4 is 46.0 Å². The van der Waals surface area contributed by atoms with Crippen molar-refractivity contribution in [1.29, 1.82) is 0 Å². The SMILES string of the molecule is Cc1ccc(NC(=S)NC(C)C)cc1NC(=S)NC(C)C. The van der Waals surface area contributed by atoms with Crippen LogP contribution in [0.15, 0.2) is 18.2 Å². The number of hydrogen-bond donors (Lipinski definition) is 4. The molecule has 0 aliphatic rings. The molecule has 6 heteroatoms. The molecule has 0 saturated carbocycles. The first-order valence-electron chi connectivity index (χ1n) is 7.03. The van der Waals surface area contributed by atoms with Gasteiger partial charge in [-0.1, -0.05) is 6.07 Å². The zero-order chi connectivity index (χ0) is 16.0. The molecule has 0 aliphatic carbocycles. The van der Waals surface area contributed by atoms with Gasteiger partial charge in [0.2, 0.25) is 0 Å². The third kappa shape index (κ3) is 6.73. The van der Waals surface area contributed by atoms with Crippen LogP contribution < -0.4 is 21.3 Å². The summed E-state index contributed by atoms with van der Waals surface area (Å²) >= 11 is 10.5. The second-order valence-electron chi connectivity index (χ2n) is 5.54. The van der Waals surface area contributed by atoms with Crippen molar-refractivity contribution in [3.63, 3.8) is 0 Å². The molecule has 116 valence electrons. The van der Waals surface area contributed by atoms with E-state index in [2.05, 4.69) is 35.1 Å². The lowest BCUT2D eigenvalue weighted by Crippen LogP contribution is -2.34. The van der Waals surface area contributed by atoms with Crippen LogP contribution in [0.3, 0.4) is 0 Å². The van der Waals surface area contributed by atoms with E-state index < -0.39 is 0 Å². The summed E-state index contributed by atoms with van der Waals surface area (Å²) in [4.78, 5) is 0. The van der Waals surface area contributed by atoms with Crippen molar-refractivity contribution < 1.29 is 0 Å². The number of anilines is 2. The Morgan fingerprint density at radius 2 is 1.43 bits per heavy atom. The molecule has 0 aliphatic heterocycles. The molecule has 0 amide bonds. The Hall–Kier alpha value is -1.40. The minimum Gasteiger partial charge on any atom is -0.360 e. The summed E-state index contributed by atoms with van der Waals surface area (Å²) in [6.45, 7) is 10.2. The van der Waals surface area contributed by atoms with E-state index in [1.54, 1.807) is 0 Å². The van der Waals surface area contributed by atoms with Gasteiger partial charge in [-0.05, 0) is 76.8 Å². The van der Waals surface area contributed by atoms with Gasteiger partial charge in [-0.25, -0.2) is 0 Å². The average molecular weight is 325 g/mol. The molecule has 0 spiro atoms. The zero-order valence-electron chi connectivity index (χ0n) is 13.2. The van der Waals surface area contributed by atoms with Crippen molar-refractivity contribution in [2.24, 2.45) is 0 Å². The van der Waals surface area contributed by atoms with Gasteiger partial charge >= 0.3 is 0 Å². The minimum absolute atomic E-state index is 0.300. The first kappa shape index (κ1) is 17.7. The van der Waals surface area contributed by atoms with Crippen molar-refractivity contribution in [2.45, 2.75) is 46.7 Å². The fourth-order valence-electron chi connectivity index (χ4n) is 1.68. The van der Waals surface area contributed by atoms with E-state index >= 15 is 0 Å². The van der Waals surface area contributed by atoms with Crippen LogP contribution in [0.1, 0.15) is 33.3 Å². The molecule has 4 nitrogen and oxygen atoms in total. The summed E-state index contributed by atoms with van der Waals surface area (Å²) in [7, 11) is 0. The average Bonchev–Trinajstić information content (AvgIpc) is 2.31. The summed E-state index contributed by atoms with van der Waals surface area (Å²) in [6, 6.07) is 6.62. The van der Waals surface area contributed by atoms with Gasteiger partial charge in [-0.3, -0.25) is 0 Å². The molecule has 0 saturated heterocycles. The summed E-state index contributed by atoms with van der Waals surface area (Å²) < 4.78 is 0. The van der Waals surface area contributed by atoms with Crippen molar-refractivity contribution in [3.05, 3.63) is 23.8 Å². The van der Waals surface area contributed by atoms with Crippen molar-refractivity contribution in [3.8, 4) is 0 Å². The number of benzene rings is 1. The normalized spacial score (nSPS) is 10.4. The maximum Gasteiger partial charge on any atom is 0.170 e. The predicted octanol–water partition coefficient (Wildman–Crippen LogP) is 3.38. The third-order valence-corrected chi connectivity index (χ3v) is 3.02. The highest BCUT2D eigenvalue weighted by molar-refractivity contribution is 7.80. The lowest BCUT2D eigenvalue weighted by molar-refractivity contribution is 0.739. The molecule has 0 heterocycles. The van der Waals surface area contributed by atoms with Crippen LogP contribution in [0.2, 0.25) is 0 Å². The van der Waals surface area contributed by atoms with Gasteiger partial charge in [0.1, 0.15) is 0 Å². The zero-order valence-corrected chi connectivity index (χ0v) is 14.8. The Kier molecular flexibility index (Phi) is 6.84. The van der Waals surface area contributed by atoms with Gasteiger partial charge in [0.15, 0.2) is 10.2 Å². The van der Waals surface area contributed by atoms with Crippen LogP contribution in [0, 0.1) is 6.92 Å². The number of hydrogen-bond acceptors (Lipinski definition) is 2. The standard InChI is InChI=1S/C15H24N4S2/c1-9(2)16-14(20)18-12-7-6-11(5)13(8-12)19-15(21)17-10(3)4/h6-10H,1-5H3,(H2,16,18,20)(H2,17,19,21). The number of nitrogens with one attached hydrogen (secondary N) is 4. The van der Waals surface area contributed by atoms with Gasteiger partial charge in [-0.2, -0.15) is 0 Å². The highest BCUT2D eigenvalue weighted by Gasteiger charge is 2.05. The van der Waals surface area contributed by atoms with E-state index in [0.29, 0.717) is 22.3 Å². The molecule has 1 rings (SSSR count). The molecule has 0 radical (unpaired) electrons. The fraction of sp³-hybridized carbons (Fsp3) is 0.467. The maximum atomic E-state index is 5.28. The largest absolute Gasteiger partial charge is 0.360 e. The first-order valence-corrected chi connectivity index (χ1v) is 7.85. The van der Waals surface area contributed by atoms with Gasteiger partial charge in [-0.15, -0.1) is 0 Å². The smallest absolute Gasteiger partial charge is 0.170 e. The number of rotatable bonds is 4. The van der Waals surface area contributed by atoms with Crippen LogP contribution in [0.5, 0.6) is 0 Å². The van der Waals surface area contributed by atoms with E-state index in [4.69, 9.17) is 24.4 Å². The van der Waals surface area contributed by atoms with Gasteiger partial charge in [0.05, 0.1) is 0 Å². The molecule has 0 unspecified atom stereocenters. The van der Waals surface area contributed by atoms with E-state index in [-0.39, 0.29) is 0 Å².